The van der Waals surface area contributed by atoms with E-state index in [1.165, 1.54) is 12.1 Å². The van der Waals surface area contributed by atoms with Gasteiger partial charge in [-0.2, -0.15) is 4.98 Å². The van der Waals surface area contributed by atoms with E-state index in [1.54, 1.807) is 17.0 Å². The van der Waals surface area contributed by atoms with Gasteiger partial charge in [-0.25, -0.2) is 9.37 Å². The monoisotopic (exact) mass is 426 g/mol. The number of rotatable bonds is 4. The number of piperazine rings is 1. The van der Waals surface area contributed by atoms with Crippen LogP contribution in [0.25, 0.3) is 0 Å². The molecule has 1 unspecified atom stereocenters. The zero-order valence-corrected chi connectivity index (χ0v) is 18.1. The maximum atomic E-state index is 13.2. The smallest absolute Gasteiger partial charge is 0.228 e. The largest absolute Gasteiger partial charge is 0.363 e. The van der Waals surface area contributed by atoms with E-state index >= 15 is 0 Å². The van der Waals surface area contributed by atoms with Crippen molar-refractivity contribution in [1.29, 1.82) is 0 Å². The first-order valence-electron chi connectivity index (χ1n) is 10.4. The van der Waals surface area contributed by atoms with E-state index < -0.39 is 0 Å². The molecule has 0 saturated carbocycles. The average Bonchev–Trinajstić information content (AvgIpc) is 3.15. The van der Waals surface area contributed by atoms with Crippen molar-refractivity contribution in [3.8, 4) is 0 Å². The van der Waals surface area contributed by atoms with Crippen molar-refractivity contribution in [2.24, 2.45) is 5.92 Å². The first kappa shape index (κ1) is 21.0. The van der Waals surface area contributed by atoms with Gasteiger partial charge in [-0.15, -0.1) is 0 Å². The quantitative estimate of drug-likeness (QED) is 0.741. The van der Waals surface area contributed by atoms with Gasteiger partial charge in [0.1, 0.15) is 11.6 Å². The molecule has 2 fully saturated rings. The molecule has 2 aromatic rings. The van der Waals surface area contributed by atoms with Gasteiger partial charge in [0, 0.05) is 70.7 Å². The molecule has 0 aliphatic carbocycles. The van der Waals surface area contributed by atoms with Crippen molar-refractivity contribution in [1.82, 2.24) is 14.9 Å². The topological polar surface area (TPSA) is 72.9 Å². The molecule has 4 rings (SSSR count). The molecule has 31 heavy (non-hydrogen) atoms. The van der Waals surface area contributed by atoms with Gasteiger partial charge in [0.15, 0.2) is 0 Å². The average molecular weight is 426 g/mol. The number of hydrogen-bond donors (Lipinski definition) is 0. The second-order valence-corrected chi connectivity index (χ2v) is 8.26. The Bertz CT molecular complexity index is 972. The maximum Gasteiger partial charge on any atom is 0.228 e. The number of carbonyl (C=O) groups excluding carboxylic acids is 2. The van der Waals surface area contributed by atoms with Crippen LogP contribution in [0.4, 0.5) is 21.8 Å². The first-order valence-corrected chi connectivity index (χ1v) is 10.4. The van der Waals surface area contributed by atoms with Crippen LogP contribution in [0.3, 0.4) is 0 Å². The second-order valence-electron chi connectivity index (χ2n) is 8.26. The van der Waals surface area contributed by atoms with Crippen molar-refractivity contribution in [2.45, 2.75) is 13.3 Å². The fourth-order valence-electron chi connectivity index (χ4n) is 4.04. The molecule has 3 heterocycles. The molecule has 0 bridgehead atoms. The molecular formula is C22H27FN6O2. The number of carbonyl (C=O) groups is 2. The molecule has 2 saturated heterocycles. The van der Waals surface area contributed by atoms with E-state index in [9.17, 15) is 14.0 Å². The third kappa shape index (κ3) is 4.45. The van der Waals surface area contributed by atoms with Crippen LogP contribution in [-0.2, 0) is 9.59 Å². The number of aryl methyl sites for hydroxylation is 1. The minimum Gasteiger partial charge on any atom is -0.363 e. The standard InChI is InChI=1S/C22H27FN6O2/c1-15-12-19(26(2)3)25-22(24-15)28-10-8-27(9-11-28)21(31)16-13-20(30)29(14-16)18-6-4-17(23)5-7-18/h4-7,12,16H,8-11,13-14H2,1-3H3. The van der Waals surface area contributed by atoms with Gasteiger partial charge in [-0.3, -0.25) is 9.59 Å². The van der Waals surface area contributed by atoms with Crippen LogP contribution in [0.15, 0.2) is 30.3 Å². The van der Waals surface area contributed by atoms with Crippen molar-refractivity contribution in [3.63, 3.8) is 0 Å². The Labute approximate surface area is 181 Å². The number of hydrogen-bond acceptors (Lipinski definition) is 6. The molecule has 1 atom stereocenters. The van der Waals surface area contributed by atoms with Gasteiger partial charge in [0.05, 0.1) is 5.92 Å². The molecule has 0 radical (unpaired) electrons. The van der Waals surface area contributed by atoms with Crippen LogP contribution < -0.4 is 14.7 Å². The second kappa shape index (κ2) is 8.49. The number of benzene rings is 1. The lowest BCUT2D eigenvalue weighted by atomic mass is 10.1. The summed E-state index contributed by atoms with van der Waals surface area (Å²) in [5.74, 6) is 0.696. The van der Waals surface area contributed by atoms with E-state index in [0.29, 0.717) is 44.4 Å². The first-order chi connectivity index (χ1) is 14.8. The zero-order valence-electron chi connectivity index (χ0n) is 18.1. The highest BCUT2D eigenvalue weighted by Gasteiger charge is 2.38. The minimum absolute atomic E-state index is 0.00301. The van der Waals surface area contributed by atoms with E-state index in [1.807, 2.05) is 36.9 Å². The number of anilines is 3. The molecule has 0 N–H and O–H groups in total. The van der Waals surface area contributed by atoms with Gasteiger partial charge in [0.2, 0.25) is 17.8 Å². The van der Waals surface area contributed by atoms with Crippen LogP contribution in [0, 0.1) is 18.7 Å². The molecule has 9 heteroatoms. The number of amides is 2. The normalized spacial score (nSPS) is 19.2. The van der Waals surface area contributed by atoms with Crippen LogP contribution in [-0.4, -0.2) is 73.5 Å². The lowest BCUT2D eigenvalue weighted by Gasteiger charge is -2.36. The highest BCUT2D eigenvalue weighted by Crippen LogP contribution is 2.27. The summed E-state index contributed by atoms with van der Waals surface area (Å²) in [4.78, 5) is 42.1. The number of aromatic nitrogens is 2. The Balaban J connectivity index is 1.38. The minimum atomic E-state index is -0.375. The Morgan fingerprint density at radius 3 is 2.42 bits per heavy atom. The molecule has 2 amide bonds. The van der Waals surface area contributed by atoms with Crippen LogP contribution >= 0.6 is 0 Å². The predicted octanol–water partition coefficient (Wildman–Crippen LogP) is 1.69. The Kier molecular flexibility index (Phi) is 5.75. The van der Waals surface area contributed by atoms with Gasteiger partial charge in [0.25, 0.3) is 0 Å². The fourth-order valence-corrected chi connectivity index (χ4v) is 4.04. The molecule has 2 aliphatic rings. The number of nitrogens with zero attached hydrogens (tertiary/aromatic N) is 6. The summed E-state index contributed by atoms with van der Waals surface area (Å²) in [5, 5.41) is 0. The van der Waals surface area contributed by atoms with Crippen LogP contribution in [0.2, 0.25) is 0 Å². The van der Waals surface area contributed by atoms with E-state index in [0.717, 1.165) is 11.5 Å². The lowest BCUT2D eigenvalue weighted by molar-refractivity contribution is -0.136. The molecule has 1 aromatic heterocycles. The summed E-state index contributed by atoms with van der Waals surface area (Å²) < 4.78 is 13.2. The van der Waals surface area contributed by atoms with Gasteiger partial charge >= 0.3 is 0 Å². The Morgan fingerprint density at radius 1 is 1.10 bits per heavy atom. The van der Waals surface area contributed by atoms with Gasteiger partial charge in [-0.05, 0) is 31.2 Å². The predicted molar refractivity (Wildman–Crippen MR) is 117 cm³/mol. The Hall–Kier alpha value is -3.23. The van der Waals surface area contributed by atoms with Gasteiger partial charge < -0.3 is 19.6 Å². The molecule has 2 aliphatic heterocycles. The third-order valence-electron chi connectivity index (χ3n) is 5.77. The van der Waals surface area contributed by atoms with E-state index in [2.05, 4.69) is 14.9 Å². The summed E-state index contributed by atoms with van der Waals surface area (Å²) >= 11 is 0. The summed E-state index contributed by atoms with van der Waals surface area (Å²) in [6.45, 7) is 4.69. The lowest BCUT2D eigenvalue weighted by Crippen LogP contribution is -2.51. The van der Waals surface area contributed by atoms with E-state index in [-0.39, 0.29) is 30.0 Å². The molecule has 164 valence electrons. The van der Waals surface area contributed by atoms with Crippen molar-refractivity contribution in [3.05, 3.63) is 41.8 Å². The summed E-state index contributed by atoms with van der Waals surface area (Å²) in [7, 11) is 3.89. The van der Waals surface area contributed by atoms with Crippen LogP contribution in [0.1, 0.15) is 12.1 Å². The summed E-state index contributed by atoms with van der Waals surface area (Å²) in [6, 6.07) is 7.73. The third-order valence-corrected chi connectivity index (χ3v) is 5.77. The number of halogens is 1. The van der Waals surface area contributed by atoms with Crippen molar-refractivity contribution in [2.75, 3.05) is 61.5 Å². The molecule has 0 spiro atoms. The zero-order chi connectivity index (χ0) is 22.1. The summed E-state index contributed by atoms with van der Waals surface area (Å²) in [6.07, 6.45) is 0.184. The summed E-state index contributed by atoms with van der Waals surface area (Å²) in [5.41, 5.74) is 1.53. The Morgan fingerprint density at radius 2 is 1.77 bits per heavy atom. The molecule has 8 nitrogen and oxygen atoms in total. The highest BCUT2D eigenvalue weighted by molar-refractivity contribution is 6.00. The molecular weight excluding hydrogens is 399 g/mol. The van der Waals surface area contributed by atoms with Crippen LogP contribution in [0.5, 0.6) is 0 Å². The van der Waals surface area contributed by atoms with Gasteiger partial charge in [-0.1, -0.05) is 0 Å². The highest BCUT2D eigenvalue weighted by atomic mass is 19.1. The van der Waals surface area contributed by atoms with E-state index in [4.69, 9.17) is 0 Å². The molecule has 1 aromatic carbocycles. The maximum absolute atomic E-state index is 13.2. The fraction of sp³-hybridized carbons (Fsp3) is 0.455. The van der Waals surface area contributed by atoms with Crippen molar-refractivity contribution >= 4 is 29.3 Å². The van der Waals surface area contributed by atoms with Crippen molar-refractivity contribution < 1.29 is 14.0 Å². The SMILES string of the molecule is Cc1cc(N(C)C)nc(N2CCN(C(=O)C3CC(=O)N(c4ccc(F)cc4)C3)CC2)n1.